The van der Waals surface area contributed by atoms with Crippen LogP contribution in [0, 0.1) is 5.82 Å². The zero-order valence-corrected chi connectivity index (χ0v) is 10.2. The van der Waals surface area contributed by atoms with Crippen LogP contribution >= 0.6 is 27.5 Å². The first-order valence-corrected chi connectivity index (χ1v) is 5.58. The monoisotopic (exact) mass is 279 g/mol. The maximum Gasteiger partial charge on any atom is 0.138 e. The van der Waals surface area contributed by atoms with Gasteiger partial charge in [-0.15, -0.1) is 0 Å². The van der Waals surface area contributed by atoms with Crippen molar-refractivity contribution in [3.8, 4) is 0 Å². The van der Waals surface area contributed by atoms with Gasteiger partial charge in [0.15, 0.2) is 0 Å². The highest BCUT2D eigenvalue weighted by atomic mass is 79.9. The van der Waals surface area contributed by atoms with E-state index >= 15 is 0 Å². The third-order valence-corrected chi connectivity index (χ3v) is 3.11. The van der Waals surface area contributed by atoms with E-state index in [2.05, 4.69) is 15.9 Å². The van der Waals surface area contributed by atoms with Crippen LogP contribution in [0.5, 0.6) is 0 Å². The molecule has 1 aromatic rings. The molecule has 0 aliphatic carbocycles. The standard InChI is InChI=1S/C10H12BrClFN/c1-6(2-3-14)7-4-8(11)10(13)5-9(7)12/h4-6H,2-3,14H2,1H3. The Morgan fingerprint density at radius 3 is 2.79 bits per heavy atom. The predicted octanol–water partition coefficient (Wildman–Crippen LogP) is 3.69. The van der Waals surface area contributed by atoms with Crippen molar-refractivity contribution < 1.29 is 4.39 Å². The van der Waals surface area contributed by atoms with Gasteiger partial charge in [-0.2, -0.15) is 0 Å². The van der Waals surface area contributed by atoms with E-state index in [1.54, 1.807) is 6.07 Å². The van der Waals surface area contributed by atoms with Crippen molar-refractivity contribution in [3.05, 3.63) is 33.0 Å². The molecule has 0 saturated heterocycles. The maximum absolute atomic E-state index is 13.1. The Labute approximate surface area is 96.6 Å². The fourth-order valence-electron chi connectivity index (χ4n) is 1.32. The maximum atomic E-state index is 13.1. The zero-order chi connectivity index (χ0) is 10.7. The molecule has 0 radical (unpaired) electrons. The van der Waals surface area contributed by atoms with E-state index in [1.165, 1.54) is 6.07 Å². The van der Waals surface area contributed by atoms with Gasteiger partial charge < -0.3 is 5.73 Å². The first-order valence-electron chi connectivity index (χ1n) is 4.40. The van der Waals surface area contributed by atoms with Gasteiger partial charge in [-0.25, -0.2) is 4.39 Å². The summed E-state index contributed by atoms with van der Waals surface area (Å²) in [5.41, 5.74) is 6.39. The lowest BCUT2D eigenvalue weighted by molar-refractivity contribution is 0.617. The first-order chi connectivity index (χ1) is 6.56. The fraction of sp³-hybridized carbons (Fsp3) is 0.400. The highest BCUT2D eigenvalue weighted by Crippen LogP contribution is 2.31. The fourth-order valence-corrected chi connectivity index (χ4v) is 2.02. The normalized spacial score (nSPS) is 12.9. The van der Waals surface area contributed by atoms with Crippen LogP contribution in [0.2, 0.25) is 5.02 Å². The molecule has 0 saturated carbocycles. The van der Waals surface area contributed by atoms with Crippen LogP contribution in [0.4, 0.5) is 4.39 Å². The van der Waals surface area contributed by atoms with Crippen molar-refractivity contribution in [2.75, 3.05) is 6.54 Å². The van der Waals surface area contributed by atoms with Gasteiger partial charge in [-0.1, -0.05) is 18.5 Å². The quantitative estimate of drug-likeness (QED) is 0.840. The van der Waals surface area contributed by atoms with Gasteiger partial charge in [-0.05, 0) is 52.5 Å². The molecule has 4 heteroatoms. The zero-order valence-electron chi connectivity index (χ0n) is 7.86. The number of rotatable bonds is 3. The second-order valence-electron chi connectivity index (χ2n) is 3.27. The molecule has 1 aromatic carbocycles. The summed E-state index contributed by atoms with van der Waals surface area (Å²) in [4.78, 5) is 0. The van der Waals surface area contributed by atoms with Crippen molar-refractivity contribution in [2.24, 2.45) is 5.73 Å². The number of halogens is 3. The van der Waals surface area contributed by atoms with E-state index in [0.717, 1.165) is 12.0 Å². The lowest BCUT2D eigenvalue weighted by Crippen LogP contribution is -2.05. The third-order valence-electron chi connectivity index (χ3n) is 2.17. The van der Waals surface area contributed by atoms with Crippen LogP contribution in [0.3, 0.4) is 0 Å². The van der Waals surface area contributed by atoms with Crippen LogP contribution in [0.1, 0.15) is 24.8 Å². The average molecular weight is 281 g/mol. The number of nitrogens with two attached hydrogens (primary N) is 1. The summed E-state index contributed by atoms with van der Waals surface area (Å²) in [5, 5.41) is 0.464. The van der Waals surface area contributed by atoms with Gasteiger partial charge in [0.1, 0.15) is 5.82 Å². The molecule has 0 aliphatic rings. The smallest absolute Gasteiger partial charge is 0.138 e. The van der Waals surface area contributed by atoms with Gasteiger partial charge in [0, 0.05) is 5.02 Å². The molecule has 0 aromatic heterocycles. The molecular weight excluding hydrogens is 268 g/mol. The topological polar surface area (TPSA) is 26.0 Å². The van der Waals surface area contributed by atoms with Crippen molar-refractivity contribution in [3.63, 3.8) is 0 Å². The minimum atomic E-state index is -0.335. The number of hydrogen-bond acceptors (Lipinski definition) is 1. The molecule has 0 spiro atoms. The Hall–Kier alpha value is -0.120. The van der Waals surface area contributed by atoms with Crippen LogP contribution in [-0.2, 0) is 0 Å². The molecule has 78 valence electrons. The van der Waals surface area contributed by atoms with Crippen molar-refractivity contribution in [1.82, 2.24) is 0 Å². The summed E-state index contributed by atoms with van der Waals surface area (Å²) in [5.74, 6) is -0.0805. The predicted molar refractivity (Wildman–Crippen MR) is 61.2 cm³/mol. The molecule has 0 aliphatic heterocycles. The van der Waals surface area contributed by atoms with E-state index in [9.17, 15) is 4.39 Å². The average Bonchev–Trinajstić information content (AvgIpc) is 2.11. The minimum absolute atomic E-state index is 0.254. The summed E-state index contributed by atoms with van der Waals surface area (Å²) in [6.07, 6.45) is 0.845. The van der Waals surface area contributed by atoms with Crippen LogP contribution < -0.4 is 5.73 Å². The van der Waals surface area contributed by atoms with E-state index in [0.29, 0.717) is 16.0 Å². The second kappa shape index (κ2) is 5.10. The second-order valence-corrected chi connectivity index (χ2v) is 4.53. The Morgan fingerprint density at radius 2 is 2.21 bits per heavy atom. The van der Waals surface area contributed by atoms with Gasteiger partial charge in [0.2, 0.25) is 0 Å². The summed E-state index contributed by atoms with van der Waals surface area (Å²) >= 11 is 9.07. The van der Waals surface area contributed by atoms with E-state index in [1.807, 2.05) is 6.92 Å². The molecule has 0 amide bonds. The lowest BCUT2D eigenvalue weighted by Gasteiger charge is -2.13. The molecule has 2 N–H and O–H groups in total. The highest BCUT2D eigenvalue weighted by Gasteiger charge is 2.12. The van der Waals surface area contributed by atoms with E-state index in [-0.39, 0.29) is 11.7 Å². The van der Waals surface area contributed by atoms with Crippen LogP contribution in [-0.4, -0.2) is 6.54 Å². The lowest BCUT2D eigenvalue weighted by atomic mass is 9.98. The summed E-state index contributed by atoms with van der Waals surface area (Å²) in [7, 11) is 0. The number of benzene rings is 1. The van der Waals surface area contributed by atoms with Crippen molar-refractivity contribution in [1.29, 1.82) is 0 Å². The third kappa shape index (κ3) is 2.69. The van der Waals surface area contributed by atoms with Gasteiger partial charge >= 0.3 is 0 Å². The van der Waals surface area contributed by atoms with Crippen molar-refractivity contribution >= 4 is 27.5 Å². The molecular formula is C10H12BrClFN. The molecule has 1 atom stereocenters. The molecule has 14 heavy (non-hydrogen) atoms. The van der Waals surface area contributed by atoms with E-state index < -0.39 is 0 Å². The van der Waals surface area contributed by atoms with E-state index in [4.69, 9.17) is 17.3 Å². The Morgan fingerprint density at radius 1 is 1.57 bits per heavy atom. The summed E-state index contributed by atoms with van der Waals surface area (Å²) < 4.78 is 13.5. The Bertz CT molecular complexity index is 330. The van der Waals surface area contributed by atoms with Gasteiger partial charge in [-0.3, -0.25) is 0 Å². The number of hydrogen-bond donors (Lipinski definition) is 1. The Balaban J connectivity index is 3.02. The Kier molecular flexibility index (Phi) is 4.35. The molecule has 0 bridgehead atoms. The summed E-state index contributed by atoms with van der Waals surface area (Å²) in [6, 6.07) is 3.05. The van der Waals surface area contributed by atoms with Crippen LogP contribution in [0.15, 0.2) is 16.6 Å². The molecule has 1 unspecified atom stereocenters. The minimum Gasteiger partial charge on any atom is -0.330 e. The van der Waals surface area contributed by atoms with Gasteiger partial charge in [0.25, 0.3) is 0 Å². The summed E-state index contributed by atoms with van der Waals surface area (Å²) in [6.45, 7) is 2.63. The highest BCUT2D eigenvalue weighted by molar-refractivity contribution is 9.10. The molecule has 1 rings (SSSR count). The van der Waals surface area contributed by atoms with Crippen LogP contribution in [0.25, 0.3) is 0 Å². The molecule has 1 nitrogen and oxygen atoms in total. The van der Waals surface area contributed by atoms with Gasteiger partial charge in [0.05, 0.1) is 4.47 Å². The first kappa shape index (κ1) is 12.0. The SMILES string of the molecule is CC(CCN)c1cc(Br)c(F)cc1Cl. The largest absolute Gasteiger partial charge is 0.330 e. The molecule has 0 fully saturated rings. The molecule has 0 heterocycles. The van der Waals surface area contributed by atoms with Crippen molar-refractivity contribution in [2.45, 2.75) is 19.3 Å².